The first-order chi connectivity index (χ1) is 16.4. The number of carbonyl (C=O) groups excluding carboxylic acids is 2. The van der Waals surface area contributed by atoms with Gasteiger partial charge >= 0.3 is 0 Å². The summed E-state index contributed by atoms with van der Waals surface area (Å²) < 4.78 is 23.8. The first kappa shape index (κ1) is 24.3. The van der Waals surface area contributed by atoms with Crippen molar-refractivity contribution in [3.05, 3.63) is 88.7 Å². The van der Waals surface area contributed by atoms with E-state index in [4.69, 9.17) is 21.1 Å². The minimum atomic E-state index is -0.618. The van der Waals surface area contributed by atoms with Gasteiger partial charge in [-0.3, -0.25) is 9.59 Å². The summed E-state index contributed by atoms with van der Waals surface area (Å²) in [5, 5.41) is 15.0. The lowest BCUT2D eigenvalue weighted by atomic mass is 10.1. The predicted octanol–water partition coefficient (Wildman–Crippen LogP) is 5.05. The third-order valence-corrected chi connectivity index (χ3v) is 4.80. The van der Waals surface area contributed by atoms with E-state index in [0.29, 0.717) is 27.7 Å². The Kier molecular flexibility index (Phi) is 8.21. The molecule has 9 heteroatoms. The standard InChI is InChI=1S/C25H19ClFN3O4/c1-33-23-13-16(12-17(14-28)25(32)30-21-5-3-2-4-20(21)26)6-11-22(23)34-15-24(31)29-19-9-7-18(27)8-10-19/h2-13H,15H2,1H3,(H,29,31)(H,30,32). The fourth-order valence-electron chi connectivity index (χ4n) is 2.83. The van der Waals surface area contributed by atoms with Gasteiger partial charge in [-0.1, -0.05) is 29.8 Å². The number of halogens is 2. The van der Waals surface area contributed by atoms with Crippen molar-refractivity contribution in [1.82, 2.24) is 0 Å². The Balaban J connectivity index is 1.68. The number of nitrogens with zero attached hydrogens (tertiary/aromatic N) is 1. The number of ether oxygens (including phenoxy) is 2. The molecule has 0 atom stereocenters. The highest BCUT2D eigenvalue weighted by Crippen LogP contribution is 2.29. The maximum atomic E-state index is 13.0. The van der Waals surface area contributed by atoms with Gasteiger partial charge in [0.2, 0.25) is 0 Å². The molecule has 0 unspecified atom stereocenters. The third kappa shape index (κ3) is 6.58. The molecule has 7 nitrogen and oxygen atoms in total. The number of methoxy groups -OCH3 is 1. The van der Waals surface area contributed by atoms with Gasteiger partial charge in [0.1, 0.15) is 17.5 Å². The molecule has 0 aromatic heterocycles. The van der Waals surface area contributed by atoms with Crippen molar-refractivity contribution in [2.45, 2.75) is 0 Å². The van der Waals surface area contributed by atoms with Crippen LogP contribution in [0.25, 0.3) is 6.08 Å². The Bertz CT molecular complexity index is 1270. The van der Waals surface area contributed by atoms with Crippen LogP contribution in [-0.2, 0) is 9.59 Å². The van der Waals surface area contributed by atoms with E-state index in [1.165, 1.54) is 37.5 Å². The lowest BCUT2D eigenvalue weighted by molar-refractivity contribution is -0.118. The largest absolute Gasteiger partial charge is 0.493 e. The topological polar surface area (TPSA) is 100 Å². The van der Waals surface area contributed by atoms with Crippen LogP contribution in [0.4, 0.5) is 15.8 Å². The van der Waals surface area contributed by atoms with Crippen molar-refractivity contribution in [2.24, 2.45) is 0 Å². The SMILES string of the molecule is COc1cc(C=C(C#N)C(=O)Nc2ccccc2Cl)ccc1OCC(=O)Nc1ccc(F)cc1. The first-order valence-electron chi connectivity index (χ1n) is 9.93. The van der Waals surface area contributed by atoms with E-state index in [0.717, 1.165) is 0 Å². The van der Waals surface area contributed by atoms with Crippen molar-refractivity contribution < 1.29 is 23.5 Å². The average molecular weight is 480 g/mol. The summed E-state index contributed by atoms with van der Waals surface area (Å²) in [6.45, 7) is -0.313. The molecule has 0 saturated heterocycles. The summed E-state index contributed by atoms with van der Waals surface area (Å²) in [5.74, 6) is -0.887. The number of para-hydroxylation sites is 1. The van der Waals surface area contributed by atoms with Crippen molar-refractivity contribution in [1.29, 1.82) is 5.26 Å². The maximum absolute atomic E-state index is 13.0. The van der Waals surface area contributed by atoms with Crippen LogP contribution in [0.15, 0.2) is 72.3 Å². The molecule has 2 N–H and O–H groups in total. The van der Waals surface area contributed by atoms with Crippen LogP contribution in [0.1, 0.15) is 5.56 Å². The zero-order chi connectivity index (χ0) is 24.5. The number of anilines is 2. The molecule has 0 bridgehead atoms. The molecular formula is C25H19ClFN3O4. The molecule has 0 heterocycles. The molecular weight excluding hydrogens is 461 g/mol. The van der Waals surface area contributed by atoms with Crippen molar-refractivity contribution in [2.75, 3.05) is 24.4 Å². The molecule has 0 radical (unpaired) electrons. The van der Waals surface area contributed by atoms with Gasteiger partial charge in [-0.05, 0) is 60.2 Å². The number of amides is 2. The third-order valence-electron chi connectivity index (χ3n) is 4.47. The second kappa shape index (κ2) is 11.5. The molecule has 172 valence electrons. The second-order valence-corrected chi connectivity index (χ2v) is 7.27. The van der Waals surface area contributed by atoms with Gasteiger partial charge in [0.25, 0.3) is 11.8 Å². The molecule has 3 rings (SSSR count). The molecule has 0 fully saturated rings. The van der Waals surface area contributed by atoms with E-state index in [2.05, 4.69) is 10.6 Å². The number of hydrogen-bond donors (Lipinski definition) is 2. The van der Waals surface area contributed by atoms with Gasteiger partial charge in [-0.25, -0.2) is 4.39 Å². The highest BCUT2D eigenvalue weighted by molar-refractivity contribution is 6.34. The van der Waals surface area contributed by atoms with Gasteiger partial charge in [0.05, 0.1) is 17.8 Å². The van der Waals surface area contributed by atoms with Crippen LogP contribution in [0.3, 0.4) is 0 Å². The molecule has 0 aliphatic heterocycles. The minimum Gasteiger partial charge on any atom is -0.493 e. The number of rotatable bonds is 8. The normalized spacial score (nSPS) is 10.7. The van der Waals surface area contributed by atoms with E-state index < -0.39 is 17.6 Å². The van der Waals surface area contributed by atoms with Crippen molar-refractivity contribution in [3.63, 3.8) is 0 Å². The molecule has 3 aromatic carbocycles. The molecule has 0 saturated carbocycles. The minimum absolute atomic E-state index is 0.144. The fraction of sp³-hybridized carbons (Fsp3) is 0.0800. The van der Waals surface area contributed by atoms with E-state index in [1.54, 1.807) is 42.5 Å². The zero-order valence-corrected chi connectivity index (χ0v) is 18.7. The van der Waals surface area contributed by atoms with Crippen LogP contribution >= 0.6 is 11.6 Å². The summed E-state index contributed by atoms with van der Waals surface area (Å²) in [4.78, 5) is 24.6. The van der Waals surface area contributed by atoms with Gasteiger partial charge < -0.3 is 20.1 Å². The van der Waals surface area contributed by atoms with Gasteiger partial charge in [0, 0.05) is 5.69 Å². The summed E-state index contributed by atoms with van der Waals surface area (Å²) >= 11 is 6.05. The van der Waals surface area contributed by atoms with Gasteiger partial charge in [-0.2, -0.15) is 5.26 Å². The Morgan fingerprint density at radius 1 is 1.06 bits per heavy atom. The average Bonchev–Trinajstić information content (AvgIpc) is 2.84. The fourth-order valence-corrected chi connectivity index (χ4v) is 3.02. The van der Waals surface area contributed by atoms with E-state index in [1.807, 2.05) is 6.07 Å². The molecule has 0 spiro atoms. The summed E-state index contributed by atoms with van der Waals surface area (Å²) in [6.07, 6.45) is 1.39. The molecule has 34 heavy (non-hydrogen) atoms. The molecule has 0 aliphatic carbocycles. The number of carbonyl (C=O) groups is 2. The second-order valence-electron chi connectivity index (χ2n) is 6.86. The van der Waals surface area contributed by atoms with Crippen molar-refractivity contribution in [3.8, 4) is 17.6 Å². The smallest absolute Gasteiger partial charge is 0.266 e. The van der Waals surface area contributed by atoms with Gasteiger partial charge in [0.15, 0.2) is 18.1 Å². The molecule has 2 amide bonds. The first-order valence-corrected chi connectivity index (χ1v) is 10.3. The quantitative estimate of drug-likeness (QED) is 0.348. The number of hydrogen-bond acceptors (Lipinski definition) is 5. The number of nitrogens with one attached hydrogen (secondary N) is 2. The zero-order valence-electron chi connectivity index (χ0n) is 18.0. The van der Waals surface area contributed by atoms with Crippen molar-refractivity contribution >= 4 is 40.9 Å². The van der Waals surface area contributed by atoms with Crippen LogP contribution < -0.4 is 20.1 Å². The van der Waals surface area contributed by atoms with Crippen LogP contribution in [0, 0.1) is 17.1 Å². The lowest BCUT2D eigenvalue weighted by Crippen LogP contribution is -2.20. The summed E-state index contributed by atoms with van der Waals surface area (Å²) in [6, 6.07) is 18.6. The Hall–Kier alpha value is -4.35. The van der Waals surface area contributed by atoms with Gasteiger partial charge in [-0.15, -0.1) is 0 Å². The van der Waals surface area contributed by atoms with Crippen LogP contribution in [-0.4, -0.2) is 25.5 Å². The van der Waals surface area contributed by atoms with Crippen LogP contribution in [0.2, 0.25) is 5.02 Å². The van der Waals surface area contributed by atoms with E-state index in [9.17, 15) is 19.2 Å². The number of benzene rings is 3. The lowest BCUT2D eigenvalue weighted by Gasteiger charge is -2.12. The van der Waals surface area contributed by atoms with E-state index >= 15 is 0 Å². The summed E-state index contributed by atoms with van der Waals surface area (Å²) in [7, 11) is 1.42. The summed E-state index contributed by atoms with van der Waals surface area (Å²) in [5.41, 5.74) is 1.18. The predicted molar refractivity (Wildman–Crippen MR) is 127 cm³/mol. The van der Waals surface area contributed by atoms with Crippen LogP contribution in [0.5, 0.6) is 11.5 Å². The highest BCUT2D eigenvalue weighted by atomic mass is 35.5. The Morgan fingerprint density at radius 3 is 2.47 bits per heavy atom. The molecule has 3 aromatic rings. The Morgan fingerprint density at radius 2 is 1.79 bits per heavy atom. The highest BCUT2D eigenvalue weighted by Gasteiger charge is 2.13. The maximum Gasteiger partial charge on any atom is 0.266 e. The number of nitriles is 1. The van der Waals surface area contributed by atoms with E-state index in [-0.39, 0.29) is 17.9 Å². The molecule has 0 aliphatic rings. The Labute approximate surface area is 200 Å². The monoisotopic (exact) mass is 479 g/mol.